The first-order chi connectivity index (χ1) is 9.74. The second kappa shape index (κ2) is 7.41. The minimum absolute atomic E-state index is 0.273. The van der Waals surface area contributed by atoms with Gasteiger partial charge in [-0.25, -0.2) is 4.79 Å². The Hall–Kier alpha value is -1.39. The lowest BCUT2D eigenvalue weighted by Gasteiger charge is -2.34. The normalized spacial score (nSPS) is 17.7. The predicted molar refractivity (Wildman–Crippen MR) is 80.0 cm³/mol. The molecule has 4 heteroatoms. The van der Waals surface area contributed by atoms with Gasteiger partial charge in [0.05, 0.1) is 12.7 Å². The quantitative estimate of drug-likeness (QED) is 0.831. The molecule has 1 saturated heterocycles. The number of carbonyl (C=O) groups excluding carboxylic acids is 1. The maximum atomic E-state index is 11.4. The lowest BCUT2D eigenvalue weighted by molar-refractivity contribution is 0.0600. The molecule has 0 aromatic heterocycles. The molecule has 1 unspecified atom stereocenters. The van der Waals surface area contributed by atoms with Gasteiger partial charge in [0.2, 0.25) is 0 Å². The Morgan fingerprint density at radius 1 is 1.30 bits per heavy atom. The summed E-state index contributed by atoms with van der Waals surface area (Å²) < 4.78 is 4.72. The molecule has 1 aromatic carbocycles. The van der Waals surface area contributed by atoms with Gasteiger partial charge < -0.3 is 10.1 Å². The summed E-state index contributed by atoms with van der Waals surface area (Å²) in [5.41, 5.74) is 1.90. The molecule has 1 atom stereocenters. The van der Waals surface area contributed by atoms with Gasteiger partial charge in [0, 0.05) is 32.2 Å². The number of benzene rings is 1. The van der Waals surface area contributed by atoms with Gasteiger partial charge in [-0.05, 0) is 30.5 Å². The molecule has 0 saturated carbocycles. The molecule has 0 spiro atoms. The standard InChI is InChI=1S/C16H24N2O2/c1-3-15(18-10-8-17-9-11-18)12-13-4-6-14(7-5-13)16(19)20-2/h4-7,15,17H,3,8-12H2,1-2H3. The molecule has 0 radical (unpaired) electrons. The number of hydrogen-bond acceptors (Lipinski definition) is 4. The second-order valence-corrected chi connectivity index (χ2v) is 5.24. The number of piperazine rings is 1. The zero-order chi connectivity index (χ0) is 14.4. The lowest BCUT2D eigenvalue weighted by Crippen LogP contribution is -2.48. The van der Waals surface area contributed by atoms with Crippen LogP contribution in [0.5, 0.6) is 0 Å². The Kier molecular flexibility index (Phi) is 5.56. The summed E-state index contributed by atoms with van der Waals surface area (Å²) >= 11 is 0. The number of methoxy groups -OCH3 is 1. The fraction of sp³-hybridized carbons (Fsp3) is 0.562. The monoisotopic (exact) mass is 276 g/mol. The van der Waals surface area contributed by atoms with Crippen LogP contribution in [0.3, 0.4) is 0 Å². The largest absolute Gasteiger partial charge is 0.465 e. The summed E-state index contributed by atoms with van der Waals surface area (Å²) in [6.07, 6.45) is 2.19. The van der Waals surface area contributed by atoms with Gasteiger partial charge in [0.1, 0.15) is 0 Å². The second-order valence-electron chi connectivity index (χ2n) is 5.24. The molecule has 1 aromatic rings. The third-order valence-electron chi connectivity index (χ3n) is 3.99. The van der Waals surface area contributed by atoms with E-state index >= 15 is 0 Å². The van der Waals surface area contributed by atoms with Crippen molar-refractivity contribution in [1.29, 1.82) is 0 Å². The summed E-state index contributed by atoms with van der Waals surface area (Å²) in [5, 5.41) is 3.39. The van der Waals surface area contributed by atoms with Crippen LogP contribution in [0.2, 0.25) is 0 Å². The zero-order valence-corrected chi connectivity index (χ0v) is 12.4. The Labute approximate surface area is 121 Å². The molecule has 1 aliphatic rings. The van der Waals surface area contributed by atoms with E-state index in [1.54, 1.807) is 0 Å². The van der Waals surface area contributed by atoms with Crippen LogP contribution < -0.4 is 5.32 Å². The average Bonchev–Trinajstić information content (AvgIpc) is 2.53. The van der Waals surface area contributed by atoms with Crippen LogP contribution in [0.25, 0.3) is 0 Å². The lowest BCUT2D eigenvalue weighted by atomic mass is 10.0. The van der Waals surface area contributed by atoms with Crippen molar-refractivity contribution in [3.8, 4) is 0 Å². The number of ether oxygens (including phenoxy) is 1. The van der Waals surface area contributed by atoms with E-state index in [0.717, 1.165) is 39.0 Å². The molecular weight excluding hydrogens is 252 g/mol. The number of carbonyl (C=O) groups is 1. The van der Waals surface area contributed by atoms with Gasteiger partial charge >= 0.3 is 5.97 Å². The van der Waals surface area contributed by atoms with Crippen molar-refractivity contribution in [2.75, 3.05) is 33.3 Å². The highest BCUT2D eigenvalue weighted by Gasteiger charge is 2.19. The number of rotatable bonds is 5. The van der Waals surface area contributed by atoms with Crippen LogP contribution >= 0.6 is 0 Å². The molecule has 4 nitrogen and oxygen atoms in total. The van der Waals surface area contributed by atoms with Crippen LogP contribution in [-0.2, 0) is 11.2 Å². The van der Waals surface area contributed by atoms with E-state index in [4.69, 9.17) is 4.74 Å². The molecule has 110 valence electrons. The molecule has 0 aliphatic carbocycles. The summed E-state index contributed by atoms with van der Waals surface area (Å²) in [6.45, 7) is 6.66. The Morgan fingerprint density at radius 3 is 2.50 bits per heavy atom. The molecule has 0 amide bonds. The van der Waals surface area contributed by atoms with Crippen molar-refractivity contribution in [1.82, 2.24) is 10.2 Å². The molecule has 1 fully saturated rings. The van der Waals surface area contributed by atoms with Crippen molar-refractivity contribution in [3.63, 3.8) is 0 Å². The highest BCUT2D eigenvalue weighted by molar-refractivity contribution is 5.89. The summed E-state index contributed by atoms with van der Waals surface area (Å²) in [4.78, 5) is 14.0. The first-order valence-electron chi connectivity index (χ1n) is 7.36. The van der Waals surface area contributed by atoms with E-state index in [9.17, 15) is 4.79 Å². The van der Waals surface area contributed by atoms with Crippen molar-refractivity contribution in [2.45, 2.75) is 25.8 Å². The van der Waals surface area contributed by atoms with E-state index in [0.29, 0.717) is 11.6 Å². The third-order valence-corrected chi connectivity index (χ3v) is 3.99. The number of esters is 1. The fourth-order valence-corrected chi connectivity index (χ4v) is 2.75. The molecule has 1 heterocycles. The van der Waals surface area contributed by atoms with Crippen LogP contribution in [0.1, 0.15) is 29.3 Å². The molecule has 1 N–H and O–H groups in total. The first kappa shape index (κ1) is 15.0. The van der Waals surface area contributed by atoms with E-state index in [2.05, 4.69) is 17.1 Å². The minimum atomic E-state index is -0.273. The molecule has 0 bridgehead atoms. The van der Waals surface area contributed by atoms with Crippen LogP contribution in [0.4, 0.5) is 0 Å². The Balaban J connectivity index is 1.98. The molecule has 1 aliphatic heterocycles. The van der Waals surface area contributed by atoms with Crippen LogP contribution in [0.15, 0.2) is 24.3 Å². The Bertz CT molecular complexity index is 425. The van der Waals surface area contributed by atoms with Gasteiger partial charge in [-0.1, -0.05) is 19.1 Å². The van der Waals surface area contributed by atoms with E-state index in [1.165, 1.54) is 12.7 Å². The van der Waals surface area contributed by atoms with Crippen molar-refractivity contribution < 1.29 is 9.53 Å². The fourth-order valence-electron chi connectivity index (χ4n) is 2.75. The minimum Gasteiger partial charge on any atom is -0.465 e. The summed E-state index contributed by atoms with van der Waals surface area (Å²) in [5.74, 6) is -0.273. The molecule has 20 heavy (non-hydrogen) atoms. The van der Waals surface area contributed by atoms with Gasteiger partial charge in [-0.3, -0.25) is 4.90 Å². The number of hydrogen-bond donors (Lipinski definition) is 1. The van der Waals surface area contributed by atoms with E-state index in [-0.39, 0.29) is 5.97 Å². The first-order valence-corrected chi connectivity index (χ1v) is 7.36. The van der Waals surface area contributed by atoms with Crippen molar-refractivity contribution >= 4 is 5.97 Å². The highest BCUT2D eigenvalue weighted by atomic mass is 16.5. The zero-order valence-electron chi connectivity index (χ0n) is 12.4. The SMILES string of the molecule is CCC(Cc1ccc(C(=O)OC)cc1)N1CCNCC1. The Morgan fingerprint density at radius 2 is 1.95 bits per heavy atom. The van der Waals surface area contributed by atoms with Gasteiger partial charge in [-0.2, -0.15) is 0 Å². The van der Waals surface area contributed by atoms with Gasteiger partial charge in [-0.15, -0.1) is 0 Å². The van der Waals surface area contributed by atoms with Gasteiger partial charge in [0.25, 0.3) is 0 Å². The topological polar surface area (TPSA) is 41.6 Å². The molecular formula is C16H24N2O2. The van der Waals surface area contributed by atoms with E-state index < -0.39 is 0 Å². The average molecular weight is 276 g/mol. The number of nitrogens with one attached hydrogen (secondary N) is 1. The van der Waals surface area contributed by atoms with Gasteiger partial charge in [0.15, 0.2) is 0 Å². The summed E-state index contributed by atoms with van der Waals surface area (Å²) in [6, 6.07) is 8.37. The van der Waals surface area contributed by atoms with Crippen molar-refractivity contribution in [2.24, 2.45) is 0 Å². The van der Waals surface area contributed by atoms with Crippen LogP contribution in [-0.4, -0.2) is 50.2 Å². The molecule has 2 rings (SSSR count). The van der Waals surface area contributed by atoms with Crippen LogP contribution in [0, 0.1) is 0 Å². The highest BCUT2D eigenvalue weighted by Crippen LogP contribution is 2.14. The van der Waals surface area contributed by atoms with E-state index in [1.807, 2.05) is 24.3 Å². The maximum Gasteiger partial charge on any atom is 0.337 e. The van der Waals surface area contributed by atoms with Crippen molar-refractivity contribution in [3.05, 3.63) is 35.4 Å². The summed E-state index contributed by atoms with van der Waals surface area (Å²) in [7, 11) is 1.41. The smallest absolute Gasteiger partial charge is 0.337 e. The predicted octanol–water partition coefficient (Wildman–Crippen LogP) is 1.70. The number of nitrogens with zero attached hydrogens (tertiary/aromatic N) is 1. The third kappa shape index (κ3) is 3.81. The maximum absolute atomic E-state index is 11.4.